The van der Waals surface area contributed by atoms with Crippen LogP contribution in [0.15, 0.2) is 97.1 Å². The summed E-state index contributed by atoms with van der Waals surface area (Å²) in [6, 6.07) is 29.1. The molecule has 0 saturated carbocycles. The van der Waals surface area contributed by atoms with Gasteiger partial charge in [-0.1, -0.05) is 85.0 Å². The zero-order valence-electron chi connectivity index (χ0n) is 19.8. The summed E-state index contributed by atoms with van der Waals surface area (Å²) in [6.07, 6.45) is 4.00. The highest BCUT2D eigenvalue weighted by molar-refractivity contribution is 7.80. The number of nitrogens with two attached hydrogens (primary N) is 1. The second-order valence-electron chi connectivity index (χ2n) is 9.52. The zero-order chi connectivity index (χ0) is 25.7. The number of rotatable bonds is 4. The van der Waals surface area contributed by atoms with Crippen molar-refractivity contribution in [2.24, 2.45) is 11.1 Å². The first-order valence-electron chi connectivity index (χ1n) is 12.0. The Bertz CT molecular complexity index is 1620. The predicted octanol–water partition coefficient (Wildman–Crippen LogP) is 5.59. The van der Waals surface area contributed by atoms with Gasteiger partial charge in [0.15, 0.2) is 5.78 Å². The highest BCUT2D eigenvalue weighted by Crippen LogP contribution is 2.56. The number of hydrogen-bond donors (Lipinski definition) is 2. The fraction of sp³-hybridized carbons (Fsp3) is 0.129. The molecule has 6 heteroatoms. The van der Waals surface area contributed by atoms with E-state index in [1.807, 2.05) is 71.6 Å². The molecule has 6 rings (SSSR count). The van der Waals surface area contributed by atoms with Gasteiger partial charge in [-0.25, -0.2) is 0 Å². The lowest BCUT2D eigenvalue weighted by molar-refractivity contribution is 0.0951. The van der Waals surface area contributed by atoms with Crippen molar-refractivity contribution in [3.05, 3.63) is 114 Å². The Labute approximate surface area is 220 Å². The molecule has 0 bridgehead atoms. The Kier molecular flexibility index (Phi) is 5.32. The van der Waals surface area contributed by atoms with E-state index in [2.05, 4.69) is 18.2 Å². The maximum Gasteiger partial charge on any atom is 0.185 e. The number of fused-ring (bicyclic) bond motifs is 5. The van der Waals surface area contributed by atoms with Crippen LogP contribution in [0.25, 0.3) is 16.8 Å². The highest BCUT2D eigenvalue weighted by Gasteiger charge is 2.64. The number of hydrogen-bond acceptors (Lipinski definition) is 5. The van der Waals surface area contributed by atoms with E-state index in [1.54, 1.807) is 12.1 Å². The van der Waals surface area contributed by atoms with Crippen molar-refractivity contribution in [2.75, 3.05) is 4.90 Å². The number of nitriles is 1. The topological polar surface area (TPSA) is 90.3 Å². The van der Waals surface area contributed by atoms with Crippen LogP contribution in [0.1, 0.15) is 27.4 Å². The van der Waals surface area contributed by atoms with Gasteiger partial charge in [0.05, 0.1) is 17.1 Å². The molecular weight excluding hydrogens is 478 g/mol. The van der Waals surface area contributed by atoms with Crippen LogP contribution in [0.5, 0.6) is 5.75 Å². The van der Waals surface area contributed by atoms with Crippen molar-refractivity contribution in [1.82, 2.24) is 0 Å². The average molecular weight is 502 g/mol. The van der Waals surface area contributed by atoms with Crippen molar-refractivity contribution in [1.29, 1.82) is 5.26 Å². The van der Waals surface area contributed by atoms with Crippen LogP contribution >= 0.6 is 12.2 Å². The number of benzene rings is 4. The van der Waals surface area contributed by atoms with Crippen molar-refractivity contribution < 1.29 is 9.90 Å². The Morgan fingerprint density at radius 3 is 2.38 bits per heavy atom. The normalized spacial score (nSPS) is 23.8. The molecule has 3 N–H and O–H groups in total. The quantitative estimate of drug-likeness (QED) is 0.280. The van der Waals surface area contributed by atoms with E-state index in [0.717, 1.165) is 27.6 Å². The molecule has 0 amide bonds. The van der Waals surface area contributed by atoms with Gasteiger partial charge in [-0.15, -0.1) is 0 Å². The van der Waals surface area contributed by atoms with Crippen molar-refractivity contribution >= 4 is 45.5 Å². The Hall–Kier alpha value is -4.47. The molecule has 0 aliphatic carbocycles. The maximum atomic E-state index is 14.4. The number of aromatic hydroxyl groups is 1. The number of carbonyl (C=O) groups is 1. The Morgan fingerprint density at radius 2 is 1.68 bits per heavy atom. The van der Waals surface area contributed by atoms with Gasteiger partial charge in [0.1, 0.15) is 17.2 Å². The van der Waals surface area contributed by atoms with Gasteiger partial charge in [0, 0.05) is 22.7 Å². The minimum absolute atomic E-state index is 0.0637. The Balaban J connectivity index is 1.66. The van der Waals surface area contributed by atoms with Gasteiger partial charge in [0.2, 0.25) is 0 Å². The van der Waals surface area contributed by atoms with Crippen LogP contribution < -0.4 is 10.6 Å². The molecule has 4 aromatic rings. The first kappa shape index (κ1) is 23.0. The fourth-order valence-corrected chi connectivity index (χ4v) is 6.36. The average Bonchev–Trinajstić information content (AvgIpc) is 3.25. The molecule has 37 heavy (non-hydrogen) atoms. The molecule has 0 spiro atoms. The first-order valence-corrected chi connectivity index (χ1v) is 12.5. The van der Waals surface area contributed by atoms with Crippen LogP contribution in [0.2, 0.25) is 0 Å². The molecule has 2 aliphatic heterocycles. The minimum atomic E-state index is -1.33. The van der Waals surface area contributed by atoms with Gasteiger partial charge < -0.3 is 15.7 Å². The van der Waals surface area contributed by atoms with Crippen LogP contribution in [-0.4, -0.2) is 28.0 Å². The van der Waals surface area contributed by atoms with E-state index in [-0.39, 0.29) is 16.5 Å². The largest absolute Gasteiger partial charge is 0.508 e. The molecule has 0 radical (unpaired) electrons. The smallest absolute Gasteiger partial charge is 0.185 e. The van der Waals surface area contributed by atoms with Gasteiger partial charge >= 0.3 is 0 Å². The molecule has 2 heterocycles. The number of thiocarbonyl (C=S) groups is 1. The third-order valence-electron chi connectivity index (χ3n) is 7.72. The number of phenolic OH excluding ortho intramolecular Hbond substituents is 1. The number of ketones is 1. The summed E-state index contributed by atoms with van der Waals surface area (Å²) in [5.41, 5.74) is 8.19. The lowest BCUT2D eigenvalue weighted by atomic mass is 9.68. The molecule has 4 aromatic carbocycles. The number of phenols is 1. The van der Waals surface area contributed by atoms with E-state index in [1.165, 1.54) is 12.1 Å². The zero-order valence-corrected chi connectivity index (χ0v) is 20.6. The lowest BCUT2D eigenvalue weighted by Gasteiger charge is -2.37. The highest BCUT2D eigenvalue weighted by atomic mass is 32.1. The molecule has 180 valence electrons. The van der Waals surface area contributed by atoms with E-state index in [4.69, 9.17) is 18.0 Å². The second kappa shape index (κ2) is 8.58. The van der Waals surface area contributed by atoms with Gasteiger partial charge in [-0.3, -0.25) is 4.79 Å². The van der Waals surface area contributed by atoms with Gasteiger partial charge in [-0.05, 0) is 46.7 Å². The van der Waals surface area contributed by atoms with Crippen molar-refractivity contribution in [3.63, 3.8) is 0 Å². The summed E-state index contributed by atoms with van der Waals surface area (Å²) in [6.45, 7) is 0. The predicted molar refractivity (Wildman–Crippen MR) is 149 cm³/mol. The lowest BCUT2D eigenvalue weighted by Crippen LogP contribution is -2.48. The summed E-state index contributed by atoms with van der Waals surface area (Å²) in [5.74, 6) is -0.709. The van der Waals surface area contributed by atoms with Gasteiger partial charge in [-0.2, -0.15) is 5.26 Å². The van der Waals surface area contributed by atoms with E-state index < -0.39 is 23.4 Å². The van der Waals surface area contributed by atoms with E-state index >= 15 is 0 Å². The molecule has 5 nitrogen and oxygen atoms in total. The number of anilines is 1. The third-order valence-corrected chi connectivity index (χ3v) is 8.05. The number of carbonyl (C=O) groups excluding carboxylic acids is 1. The summed E-state index contributed by atoms with van der Waals surface area (Å²) < 4.78 is 0. The first-order chi connectivity index (χ1) is 18.0. The summed E-state index contributed by atoms with van der Waals surface area (Å²) in [4.78, 5) is 16.5. The van der Waals surface area contributed by atoms with Crippen LogP contribution in [0.4, 0.5) is 5.69 Å². The standard InChI is InChI=1S/C31H23N3O2S/c32-18-31(30(33)37)26-17-15-24-23-9-5-4-6-19(23)12-16-25(24)34(26)28(27(31)20-7-2-1-3-8-20)29(36)21-10-13-22(35)14-11-21/h1-17,26-28,35H,(H2,33,37). The molecule has 1 saturated heterocycles. The molecule has 4 unspecified atom stereocenters. The van der Waals surface area contributed by atoms with Crippen LogP contribution in [0.3, 0.4) is 0 Å². The molecular formula is C31H23N3O2S. The van der Waals surface area contributed by atoms with Crippen LogP contribution in [0, 0.1) is 16.7 Å². The maximum absolute atomic E-state index is 14.4. The van der Waals surface area contributed by atoms with Crippen molar-refractivity contribution in [3.8, 4) is 11.8 Å². The summed E-state index contributed by atoms with van der Waals surface area (Å²) in [7, 11) is 0. The molecule has 2 aliphatic rings. The number of nitrogens with zero attached hydrogens (tertiary/aromatic N) is 2. The minimum Gasteiger partial charge on any atom is -0.508 e. The van der Waals surface area contributed by atoms with Crippen molar-refractivity contribution in [2.45, 2.75) is 18.0 Å². The van der Waals surface area contributed by atoms with E-state index in [9.17, 15) is 15.2 Å². The summed E-state index contributed by atoms with van der Waals surface area (Å²) >= 11 is 5.61. The second-order valence-corrected chi connectivity index (χ2v) is 9.96. The third kappa shape index (κ3) is 3.28. The summed E-state index contributed by atoms with van der Waals surface area (Å²) in [5, 5.41) is 22.7. The monoisotopic (exact) mass is 501 g/mol. The fourth-order valence-electron chi connectivity index (χ4n) is 6.07. The molecule has 0 aromatic heterocycles. The SMILES string of the molecule is N#CC1(C(N)=S)C(c2ccccc2)C(C(=O)c2ccc(O)cc2)N2c3ccc4ccccc4c3C=CC21. The van der Waals surface area contributed by atoms with E-state index in [0.29, 0.717) is 5.56 Å². The van der Waals surface area contributed by atoms with Crippen LogP contribution in [-0.2, 0) is 0 Å². The Morgan fingerprint density at radius 1 is 0.973 bits per heavy atom. The molecule has 4 atom stereocenters. The number of Topliss-reactive ketones (excluding diaryl/α,β-unsaturated/α-hetero) is 1. The van der Waals surface area contributed by atoms with Gasteiger partial charge in [0.25, 0.3) is 0 Å². The molecule has 1 fully saturated rings.